The molecule has 314 valence electrons. The van der Waals surface area contributed by atoms with Gasteiger partial charge in [-0.05, 0) is 77.8 Å². The number of nitrogens with one attached hydrogen (secondary N) is 4. The van der Waals surface area contributed by atoms with Gasteiger partial charge in [-0.25, -0.2) is 19.6 Å². The van der Waals surface area contributed by atoms with Gasteiger partial charge in [-0.1, -0.05) is 58.0 Å². The molecule has 3 aromatic carbocycles. The molecule has 8 rings (SSSR count). The molecule has 0 saturated carbocycles. The van der Waals surface area contributed by atoms with E-state index in [1.54, 1.807) is 0 Å². The van der Waals surface area contributed by atoms with Crippen LogP contribution < -0.4 is 15.4 Å². The molecule has 3 aliphatic heterocycles. The van der Waals surface area contributed by atoms with E-state index in [0.29, 0.717) is 31.3 Å². The molecular formula is C45H52N8O7. The van der Waals surface area contributed by atoms with E-state index in [1.807, 2.05) is 49.9 Å². The van der Waals surface area contributed by atoms with Crippen LogP contribution in [0.1, 0.15) is 82.7 Å². The Hall–Kier alpha value is -6.38. The molecule has 3 aliphatic rings. The molecule has 0 spiro atoms. The van der Waals surface area contributed by atoms with E-state index < -0.39 is 24.3 Å². The molecule has 0 bridgehead atoms. The highest BCUT2D eigenvalue weighted by atomic mass is 16.5. The first-order valence-electron chi connectivity index (χ1n) is 20.7. The predicted octanol–water partition coefficient (Wildman–Crippen LogP) is 7.27. The highest BCUT2D eigenvalue weighted by Crippen LogP contribution is 2.44. The van der Waals surface area contributed by atoms with Crippen molar-refractivity contribution in [3.8, 4) is 39.4 Å². The van der Waals surface area contributed by atoms with Gasteiger partial charge in [-0.15, -0.1) is 0 Å². The Bertz CT molecular complexity index is 2440. The molecule has 15 heteroatoms. The van der Waals surface area contributed by atoms with Crippen LogP contribution in [0.2, 0.25) is 0 Å². The van der Waals surface area contributed by atoms with E-state index in [0.717, 1.165) is 81.4 Å². The van der Waals surface area contributed by atoms with Gasteiger partial charge in [0.25, 0.3) is 0 Å². The number of amides is 4. The van der Waals surface area contributed by atoms with Crippen molar-refractivity contribution in [1.82, 2.24) is 40.4 Å². The molecule has 4 atom stereocenters. The number of carbonyl (C=O) groups excluding carboxylic acids is 4. The van der Waals surface area contributed by atoms with Gasteiger partial charge in [-0.3, -0.25) is 9.59 Å². The summed E-state index contributed by atoms with van der Waals surface area (Å²) in [5, 5.41) is 7.44. The number of imidazole rings is 2. The first-order chi connectivity index (χ1) is 28.9. The van der Waals surface area contributed by atoms with Gasteiger partial charge in [-0.2, -0.15) is 0 Å². The van der Waals surface area contributed by atoms with Crippen LogP contribution in [0.15, 0.2) is 60.9 Å². The van der Waals surface area contributed by atoms with Gasteiger partial charge in [0.15, 0.2) is 0 Å². The van der Waals surface area contributed by atoms with Crippen LogP contribution in [-0.2, 0) is 25.7 Å². The topological polar surface area (TPSA) is 184 Å². The minimum atomic E-state index is -0.698. The summed E-state index contributed by atoms with van der Waals surface area (Å²) in [6.45, 7) is 9.18. The van der Waals surface area contributed by atoms with Crippen molar-refractivity contribution in [3.05, 3.63) is 78.1 Å². The number of benzene rings is 3. The lowest BCUT2D eigenvalue weighted by Gasteiger charge is -2.30. The molecule has 2 fully saturated rings. The minimum absolute atomic E-state index is 0.114. The minimum Gasteiger partial charge on any atom is -0.488 e. The highest BCUT2D eigenvalue weighted by molar-refractivity contribution is 5.98. The lowest BCUT2D eigenvalue weighted by Crippen LogP contribution is -2.51. The third kappa shape index (κ3) is 7.64. The van der Waals surface area contributed by atoms with Crippen LogP contribution in [0.25, 0.3) is 44.4 Å². The number of fused-ring (bicyclic) bond motifs is 5. The summed E-state index contributed by atoms with van der Waals surface area (Å²) in [7, 11) is 2.58. The number of likely N-dealkylation sites (tertiary alicyclic amines) is 2. The molecule has 2 aromatic heterocycles. The molecule has 2 saturated heterocycles. The summed E-state index contributed by atoms with van der Waals surface area (Å²) in [6.07, 6.45) is 5.59. The summed E-state index contributed by atoms with van der Waals surface area (Å²) in [6, 6.07) is 15.0. The fourth-order valence-electron chi connectivity index (χ4n) is 8.82. The summed E-state index contributed by atoms with van der Waals surface area (Å²) < 4.78 is 16.0. The zero-order valence-corrected chi connectivity index (χ0v) is 34.8. The summed E-state index contributed by atoms with van der Waals surface area (Å²) in [4.78, 5) is 71.3. The standard InChI is InChI=1S/C45H52N8O7/c1-24(2)37(50-44(56)58-5)42(54)52-17-7-9-35(52)40-46-21-33(48-40)27-13-15-31-26(19-27)11-16-32-30-14-12-28(20-29(30)23-60-39(31)32)34-22-47-41(49-34)36-10-8-18-53(36)43(55)38(25(3)4)51-45(57)59-6/h11-16,19-22,24-25,35-38H,7-10,17-18,23H2,1-6H3,(H,46,48)(H,47,49)(H,50,56)(H,51,57)/t35-,36-,37?,38?/m0/s1. The number of hydrogen-bond donors (Lipinski definition) is 4. The fourth-order valence-corrected chi connectivity index (χ4v) is 8.82. The number of carbonyl (C=O) groups is 4. The Balaban J connectivity index is 0.985. The predicted molar refractivity (Wildman–Crippen MR) is 225 cm³/mol. The number of H-pyrrole nitrogens is 2. The first kappa shape index (κ1) is 40.4. The van der Waals surface area contributed by atoms with Crippen molar-refractivity contribution in [1.29, 1.82) is 0 Å². The number of alkyl carbamates (subject to hydrolysis) is 2. The van der Waals surface area contributed by atoms with Gasteiger partial charge in [0, 0.05) is 29.6 Å². The van der Waals surface area contributed by atoms with Gasteiger partial charge in [0.2, 0.25) is 11.8 Å². The van der Waals surface area contributed by atoms with Crippen molar-refractivity contribution in [2.24, 2.45) is 11.8 Å². The van der Waals surface area contributed by atoms with Gasteiger partial charge < -0.3 is 44.6 Å². The van der Waals surface area contributed by atoms with Crippen LogP contribution in [-0.4, -0.2) is 93.1 Å². The Morgan fingerprint density at radius 3 is 1.77 bits per heavy atom. The molecule has 4 amide bonds. The maximum Gasteiger partial charge on any atom is 0.407 e. The zero-order chi connectivity index (χ0) is 42.2. The molecule has 0 radical (unpaired) electrons. The van der Waals surface area contributed by atoms with E-state index >= 15 is 0 Å². The van der Waals surface area contributed by atoms with Crippen LogP contribution in [0.4, 0.5) is 9.59 Å². The Labute approximate surface area is 348 Å². The molecule has 5 aromatic rings. The van der Waals surface area contributed by atoms with E-state index in [4.69, 9.17) is 24.2 Å². The molecule has 5 heterocycles. The second-order valence-electron chi connectivity index (χ2n) is 16.5. The summed E-state index contributed by atoms with van der Waals surface area (Å²) in [5.41, 5.74) is 6.81. The summed E-state index contributed by atoms with van der Waals surface area (Å²) in [5.74, 6) is 1.75. The first-order valence-corrected chi connectivity index (χ1v) is 20.7. The van der Waals surface area contributed by atoms with Gasteiger partial charge in [0.05, 0.1) is 50.1 Å². The van der Waals surface area contributed by atoms with Gasteiger partial charge >= 0.3 is 12.2 Å². The van der Waals surface area contributed by atoms with Crippen molar-refractivity contribution in [2.75, 3.05) is 27.3 Å². The number of aromatic nitrogens is 4. The van der Waals surface area contributed by atoms with Crippen LogP contribution >= 0.6 is 0 Å². The Morgan fingerprint density at radius 1 is 0.717 bits per heavy atom. The number of ether oxygens (including phenoxy) is 3. The molecule has 4 N–H and O–H groups in total. The number of hydrogen-bond acceptors (Lipinski definition) is 9. The monoisotopic (exact) mass is 816 g/mol. The largest absolute Gasteiger partial charge is 0.488 e. The zero-order valence-electron chi connectivity index (χ0n) is 34.8. The van der Waals surface area contributed by atoms with Crippen molar-refractivity contribution < 1.29 is 33.4 Å². The summed E-state index contributed by atoms with van der Waals surface area (Å²) >= 11 is 0. The van der Waals surface area contributed by atoms with Gasteiger partial charge in [0.1, 0.15) is 36.1 Å². The quantitative estimate of drug-likeness (QED) is 0.113. The molecule has 60 heavy (non-hydrogen) atoms. The van der Waals surface area contributed by atoms with E-state index in [9.17, 15) is 19.2 Å². The molecule has 15 nitrogen and oxygen atoms in total. The second kappa shape index (κ2) is 16.7. The SMILES string of the molecule is COC(=O)NC(C(=O)N1CCC[C@H]1c1ncc(-c2ccc3c(c2)COc2c-3ccc3cc(-c4cnc([C@@H]5CCCN5C(=O)C(NC(=O)OC)C(C)C)[nH]4)ccc23)[nH]1)C(C)C. The molecule has 0 aliphatic carbocycles. The van der Waals surface area contributed by atoms with E-state index in [1.165, 1.54) is 14.2 Å². The average Bonchev–Trinajstić information content (AvgIpc) is 4.10. The van der Waals surface area contributed by atoms with Crippen LogP contribution in [0, 0.1) is 11.8 Å². The fraction of sp³-hybridized carbons (Fsp3) is 0.422. The highest BCUT2D eigenvalue weighted by Gasteiger charge is 2.39. The third-order valence-electron chi connectivity index (χ3n) is 12.0. The molecule has 2 unspecified atom stereocenters. The Kier molecular flexibility index (Phi) is 11.2. The normalized spacial score (nSPS) is 18.2. The second-order valence-corrected chi connectivity index (χ2v) is 16.5. The number of aromatic amines is 2. The number of nitrogens with zero attached hydrogens (tertiary/aromatic N) is 4. The van der Waals surface area contributed by atoms with E-state index in [2.05, 4.69) is 69.1 Å². The lowest BCUT2D eigenvalue weighted by atomic mass is 9.92. The third-order valence-corrected chi connectivity index (χ3v) is 12.0. The van der Waals surface area contributed by atoms with E-state index in [-0.39, 0.29) is 35.7 Å². The maximum atomic E-state index is 13.6. The number of rotatable bonds is 10. The van der Waals surface area contributed by atoms with Crippen molar-refractivity contribution in [3.63, 3.8) is 0 Å². The maximum absolute atomic E-state index is 13.6. The Morgan fingerprint density at radius 2 is 1.23 bits per heavy atom. The van der Waals surface area contributed by atoms with Crippen LogP contribution in [0.5, 0.6) is 5.75 Å². The lowest BCUT2D eigenvalue weighted by molar-refractivity contribution is -0.136. The van der Waals surface area contributed by atoms with Crippen molar-refractivity contribution >= 4 is 34.8 Å². The smallest absolute Gasteiger partial charge is 0.407 e. The van der Waals surface area contributed by atoms with Crippen LogP contribution in [0.3, 0.4) is 0 Å². The molecular weight excluding hydrogens is 765 g/mol. The average molecular weight is 817 g/mol. The van der Waals surface area contributed by atoms with Crippen molar-refractivity contribution in [2.45, 2.75) is 84.2 Å². The number of methoxy groups -OCH3 is 2.